The lowest BCUT2D eigenvalue weighted by Gasteiger charge is -2.10. The number of nitrogens with two attached hydrogens (primary N) is 1. The smallest absolute Gasteiger partial charge is 0.230 e. The van der Waals surface area contributed by atoms with Crippen molar-refractivity contribution in [1.29, 1.82) is 0 Å². The largest absolute Gasteiger partial charge is 0.497 e. The van der Waals surface area contributed by atoms with Gasteiger partial charge in [-0.15, -0.1) is 10.2 Å². The van der Waals surface area contributed by atoms with Gasteiger partial charge in [0, 0.05) is 12.6 Å². The van der Waals surface area contributed by atoms with Crippen LogP contribution < -0.4 is 25.4 Å². The molecule has 0 saturated carbocycles. The van der Waals surface area contributed by atoms with E-state index < -0.39 is 0 Å². The zero-order valence-corrected chi connectivity index (χ0v) is 17.7. The molecule has 3 aromatic rings. The molecule has 0 aliphatic heterocycles. The Morgan fingerprint density at radius 2 is 1.83 bits per heavy atom. The molecule has 1 heterocycles. The van der Waals surface area contributed by atoms with Crippen molar-refractivity contribution >= 4 is 17.7 Å². The van der Waals surface area contributed by atoms with Crippen LogP contribution in [0.25, 0.3) is 11.4 Å². The fraction of sp³-hybridized carbons (Fsp3) is 0.250. The van der Waals surface area contributed by atoms with E-state index in [-0.39, 0.29) is 11.7 Å². The van der Waals surface area contributed by atoms with Gasteiger partial charge in [-0.3, -0.25) is 4.79 Å². The van der Waals surface area contributed by atoms with Gasteiger partial charge in [0.2, 0.25) is 11.1 Å². The van der Waals surface area contributed by atoms with Crippen LogP contribution >= 0.6 is 11.8 Å². The molecule has 30 heavy (non-hydrogen) atoms. The van der Waals surface area contributed by atoms with Crippen LogP contribution in [0.2, 0.25) is 0 Å². The van der Waals surface area contributed by atoms with E-state index in [0.29, 0.717) is 34.6 Å². The maximum absolute atomic E-state index is 12.2. The van der Waals surface area contributed by atoms with Gasteiger partial charge in [0.15, 0.2) is 5.82 Å². The summed E-state index contributed by atoms with van der Waals surface area (Å²) in [7, 11) is 4.73. The van der Waals surface area contributed by atoms with Crippen molar-refractivity contribution in [1.82, 2.24) is 20.2 Å². The topological polar surface area (TPSA) is 114 Å². The lowest BCUT2D eigenvalue weighted by molar-refractivity contribution is -0.118. The molecule has 3 N–H and O–H groups in total. The second-order valence-corrected chi connectivity index (χ2v) is 7.10. The van der Waals surface area contributed by atoms with Crippen molar-refractivity contribution < 1.29 is 19.0 Å². The van der Waals surface area contributed by atoms with Crippen LogP contribution in [-0.4, -0.2) is 47.9 Å². The van der Waals surface area contributed by atoms with Gasteiger partial charge in [-0.25, -0.2) is 4.68 Å². The highest BCUT2D eigenvalue weighted by Gasteiger charge is 2.17. The number of ether oxygens (including phenoxy) is 3. The highest BCUT2D eigenvalue weighted by atomic mass is 32.2. The third-order valence-corrected chi connectivity index (χ3v) is 5.21. The van der Waals surface area contributed by atoms with Crippen molar-refractivity contribution in [3.8, 4) is 28.6 Å². The van der Waals surface area contributed by atoms with Crippen molar-refractivity contribution in [3.05, 3.63) is 48.0 Å². The number of nitrogens with one attached hydrogen (secondary N) is 1. The van der Waals surface area contributed by atoms with Gasteiger partial charge in [-0.2, -0.15) is 0 Å². The Balaban J connectivity index is 1.62. The lowest BCUT2D eigenvalue weighted by atomic mass is 10.2. The first-order valence-corrected chi connectivity index (χ1v) is 9.99. The Bertz CT molecular complexity index is 1020. The van der Waals surface area contributed by atoms with Gasteiger partial charge >= 0.3 is 0 Å². The van der Waals surface area contributed by atoms with Crippen molar-refractivity contribution in [2.24, 2.45) is 0 Å². The molecular formula is C20H23N5O4S. The number of hydrogen-bond acceptors (Lipinski definition) is 8. The number of hydrogen-bond donors (Lipinski definition) is 2. The van der Waals surface area contributed by atoms with E-state index in [0.717, 1.165) is 11.3 Å². The predicted octanol–water partition coefficient (Wildman–Crippen LogP) is 2.09. The Kier molecular flexibility index (Phi) is 7.02. The summed E-state index contributed by atoms with van der Waals surface area (Å²) >= 11 is 1.20. The van der Waals surface area contributed by atoms with Gasteiger partial charge in [0.25, 0.3) is 0 Å². The molecule has 0 fully saturated rings. The minimum Gasteiger partial charge on any atom is -0.497 e. The number of nitrogens with zero attached hydrogens (tertiary/aromatic N) is 3. The number of amides is 1. The first-order chi connectivity index (χ1) is 14.5. The molecule has 0 spiro atoms. The fourth-order valence-electron chi connectivity index (χ4n) is 2.71. The number of thioether (sulfide) groups is 1. The molecular weight excluding hydrogens is 406 g/mol. The third-order valence-electron chi connectivity index (χ3n) is 4.27. The summed E-state index contributed by atoms with van der Waals surface area (Å²) in [6, 6.07) is 12.8. The van der Waals surface area contributed by atoms with Crippen molar-refractivity contribution in [3.63, 3.8) is 0 Å². The molecule has 0 radical (unpaired) electrons. The lowest BCUT2D eigenvalue weighted by Crippen LogP contribution is -2.25. The number of methoxy groups -OCH3 is 3. The van der Waals surface area contributed by atoms with Crippen LogP contribution in [0.3, 0.4) is 0 Å². The average Bonchev–Trinajstić information content (AvgIpc) is 3.15. The Labute approximate surface area is 178 Å². The monoisotopic (exact) mass is 429 g/mol. The summed E-state index contributed by atoms with van der Waals surface area (Å²) in [5.41, 5.74) is 1.62. The molecule has 0 aliphatic carbocycles. The Hall–Kier alpha value is -3.40. The molecule has 10 heteroatoms. The summed E-state index contributed by atoms with van der Waals surface area (Å²) in [4.78, 5) is 12.2. The standard InChI is InChI=1S/C20H23N5O4S/c1-27-14-6-4-5-13(9-14)11-22-18(26)12-30-20-24-23-19(25(20)21)16-8-7-15(28-2)10-17(16)29-3/h4-10H,11-12,21H2,1-3H3,(H,22,26). The molecule has 158 valence electrons. The third kappa shape index (κ3) is 4.95. The maximum atomic E-state index is 12.2. The van der Waals surface area contributed by atoms with Gasteiger partial charge in [-0.1, -0.05) is 23.9 Å². The van der Waals surface area contributed by atoms with Crippen LogP contribution in [0.1, 0.15) is 5.56 Å². The number of rotatable bonds is 9. The van der Waals surface area contributed by atoms with Gasteiger partial charge in [-0.05, 0) is 29.8 Å². The molecule has 1 aromatic heterocycles. The summed E-state index contributed by atoms with van der Waals surface area (Å²) < 4.78 is 17.1. The van der Waals surface area contributed by atoms with E-state index in [1.807, 2.05) is 24.3 Å². The van der Waals surface area contributed by atoms with Crippen LogP contribution in [0.15, 0.2) is 47.6 Å². The minimum absolute atomic E-state index is 0.144. The first kappa shape index (κ1) is 21.3. The molecule has 0 aliphatic rings. The number of benzene rings is 2. The summed E-state index contributed by atoms with van der Waals surface area (Å²) in [6.45, 7) is 0.403. The van der Waals surface area contributed by atoms with Gasteiger partial charge in [0.1, 0.15) is 17.2 Å². The highest BCUT2D eigenvalue weighted by Crippen LogP contribution is 2.32. The number of aromatic nitrogens is 3. The molecule has 0 saturated heterocycles. The van der Waals surface area contributed by atoms with Gasteiger partial charge in [0.05, 0.1) is 32.6 Å². The molecule has 3 rings (SSSR count). The van der Waals surface area contributed by atoms with Crippen LogP contribution in [0.5, 0.6) is 17.2 Å². The molecule has 1 amide bonds. The minimum atomic E-state index is -0.144. The van der Waals surface area contributed by atoms with E-state index in [9.17, 15) is 4.79 Å². The van der Waals surface area contributed by atoms with E-state index in [4.69, 9.17) is 20.1 Å². The normalized spacial score (nSPS) is 10.5. The summed E-state index contributed by atoms with van der Waals surface area (Å²) in [6.07, 6.45) is 0. The van der Waals surface area contributed by atoms with Crippen molar-refractivity contribution in [2.45, 2.75) is 11.7 Å². The molecule has 2 aromatic carbocycles. The van der Waals surface area contributed by atoms with Crippen LogP contribution in [0.4, 0.5) is 0 Å². The van der Waals surface area contributed by atoms with Crippen LogP contribution in [-0.2, 0) is 11.3 Å². The quantitative estimate of drug-likeness (QED) is 0.393. The zero-order chi connectivity index (χ0) is 21.5. The molecule has 0 bridgehead atoms. The second kappa shape index (κ2) is 9.88. The zero-order valence-electron chi connectivity index (χ0n) is 16.9. The highest BCUT2D eigenvalue weighted by molar-refractivity contribution is 7.99. The second-order valence-electron chi connectivity index (χ2n) is 6.16. The SMILES string of the molecule is COc1cccc(CNC(=O)CSc2nnc(-c3ccc(OC)cc3OC)n2N)c1. The van der Waals surface area contributed by atoms with Crippen LogP contribution in [0, 0.1) is 0 Å². The molecule has 0 unspecified atom stereocenters. The first-order valence-electron chi connectivity index (χ1n) is 9.01. The Morgan fingerprint density at radius 1 is 1.07 bits per heavy atom. The summed E-state index contributed by atoms with van der Waals surface area (Å²) in [5, 5.41) is 11.5. The van der Waals surface area contributed by atoms with Crippen molar-refractivity contribution in [2.75, 3.05) is 32.9 Å². The van der Waals surface area contributed by atoms with Gasteiger partial charge < -0.3 is 25.4 Å². The van der Waals surface area contributed by atoms with E-state index in [2.05, 4.69) is 15.5 Å². The summed E-state index contributed by atoms with van der Waals surface area (Å²) in [5.74, 6) is 8.54. The Morgan fingerprint density at radius 3 is 2.57 bits per heavy atom. The van der Waals surface area contributed by atoms with E-state index in [1.54, 1.807) is 39.5 Å². The maximum Gasteiger partial charge on any atom is 0.230 e. The van der Waals surface area contributed by atoms with E-state index in [1.165, 1.54) is 16.4 Å². The predicted molar refractivity (Wildman–Crippen MR) is 114 cm³/mol. The number of carbonyl (C=O) groups excluding carboxylic acids is 1. The molecule has 0 atom stereocenters. The molecule has 9 nitrogen and oxygen atoms in total. The number of nitrogen functional groups attached to an aromatic ring is 1. The number of carbonyl (C=O) groups is 1. The van der Waals surface area contributed by atoms with E-state index >= 15 is 0 Å². The fourth-order valence-corrected chi connectivity index (χ4v) is 3.39. The average molecular weight is 430 g/mol.